The van der Waals surface area contributed by atoms with E-state index in [0.29, 0.717) is 5.88 Å². The Bertz CT molecular complexity index is 1290. The van der Waals surface area contributed by atoms with Crippen molar-refractivity contribution in [3.8, 4) is 17.0 Å². The predicted molar refractivity (Wildman–Crippen MR) is 134 cm³/mol. The van der Waals surface area contributed by atoms with Gasteiger partial charge in [0.25, 0.3) is 0 Å². The SMILES string of the molecule is CCCNc1ccc2c(c1)CN(c1ncnc3c(C)cc(-c4ccc(OC)nc4)cc13)CC2. The van der Waals surface area contributed by atoms with Gasteiger partial charge in [0.05, 0.1) is 12.6 Å². The first-order valence-electron chi connectivity index (χ1n) is 11.5. The molecule has 1 N–H and O–H groups in total. The highest BCUT2D eigenvalue weighted by molar-refractivity contribution is 5.95. The summed E-state index contributed by atoms with van der Waals surface area (Å²) < 4.78 is 5.21. The molecule has 1 aliphatic heterocycles. The molecule has 0 spiro atoms. The smallest absolute Gasteiger partial charge is 0.212 e. The molecule has 0 amide bonds. The van der Waals surface area contributed by atoms with Crippen molar-refractivity contribution < 1.29 is 4.74 Å². The van der Waals surface area contributed by atoms with E-state index in [1.165, 1.54) is 16.8 Å². The molecule has 2 aromatic heterocycles. The molecule has 3 heterocycles. The van der Waals surface area contributed by atoms with Crippen LogP contribution in [0.2, 0.25) is 0 Å². The zero-order chi connectivity index (χ0) is 22.8. The van der Waals surface area contributed by atoms with Crippen LogP contribution in [-0.4, -0.2) is 35.2 Å². The van der Waals surface area contributed by atoms with Gasteiger partial charge in [-0.2, -0.15) is 0 Å². The van der Waals surface area contributed by atoms with Gasteiger partial charge in [-0.05, 0) is 72.4 Å². The Morgan fingerprint density at radius 2 is 1.91 bits per heavy atom. The molecule has 0 fully saturated rings. The number of rotatable bonds is 6. The molecule has 0 radical (unpaired) electrons. The monoisotopic (exact) mass is 439 g/mol. The van der Waals surface area contributed by atoms with E-state index in [1.54, 1.807) is 13.4 Å². The first-order valence-corrected chi connectivity index (χ1v) is 11.5. The number of pyridine rings is 1. The summed E-state index contributed by atoms with van der Waals surface area (Å²) in [5.74, 6) is 1.60. The normalized spacial score (nSPS) is 13.1. The molecule has 6 heteroatoms. The molecule has 0 atom stereocenters. The molecule has 0 aliphatic carbocycles. The topological polar surface area (TPSA) is 63.2 Å². The number of aryl methyl sites for hydroxylation is 1. The van der Waals surface area contributed by atoms with E-state index in [2.05, 4.69) is 64.4 Å². The van der Waals surface area contributed by atoms with Crippen LogP contribution in [0, 0.1) is 6.92 Å². The fourth-order valence-electron chi connectivity index (χ4n) is 4.54. The number of hydrogen-bond acceptors (Lipinski definition) is 6. The number of hydrogen-bond donors (Lipinski definition) is 1. The standard InChI is InChI=1S/C27H29N5O/c1-4-10-28-23-7-5-19-9-11-32(16-22(19)13-23)27-24-14-21(12-18(2)26(24)30-17-31-27)20-6-8-25(33-3)29-15-20/h5-8,12-15,17,28H,4,9-11,16H2,1-3H3. The summed E-state index contributed by atoms with van der Waals surface area (Å²) in [5, 5.41) is 4.59. The molecule has 1 aliphatic rings. The van der Waals surface area contributed by atoms with E-state index < -0.39 is 0 Å². The van der Waals surface area contributed by atoms with Gasteiger partial charge in [-0.25, -0.2) is 15.0 Å². The van der Waals surface area contributed by atoms with Crippen molar-refractivity contribution in [2.75, 3.05) is 30.4 Å². The minimum atomic E-state index is 0.611. The third-order valence-corrected chi connectivity index (χ3v) is 6.28. The second-order valence-electron chi connectivity index (χ2n) is 8.56. The number of aromatic nitrogens is 3. The van der Waals surface area contributed by atoms with Gasteiger partial charge in [-0.3, -0.25) is 0 Å². The third-order valence-electron chi connectivity index (χ3n) is 6.28. The molecule has 33 heavy (non-hydrogen) atoms. The molecule has 4 aromatic rings. The summed E-state index contributed by atoms with van der Waals surface area (Å²) in [5.41, 5.74) is 8.25. The summed E-state index contributed by atoms with van der Waals surface area (Å²) in [6.45, 7) is 7.06. The summed E-state index contributed by atoms with van der Waals surface area (Å²) in [6, 6.07) is 15.0. The molecule has 5 rings (SSSR count). The Balaban J connectivity index is 1.52. The van der Waals surface area contributed by atoms with Crippen LogP contribution >= 0.6 is 0 Å². The van der Waals surface area contributed by atoms with Gasteiger partial charge in [-0.15, -0.1) is 0 Å². The van der Waals surface area contributed by atoms with E-state index in [4.69, 9.17) is 9.72 Å². The van der Waals surface area contributed by atoms with E-state index in [9.17, 15) is 0 Å². The van der Waals surface area contributed by atoms with E-state index in [1.807, 2.05) is 18.3 Å². The number of nitrogens with one attached hydrogen (secondary N) is 1. The summed E-state index contributed by atoms with van der Waals surface area (Å²) >= 11 is 0. The highest BCUT2D eigenvalue weighted by Gasteiger charge is 2.21. The van der Waals surface area contributed by atoms with Crippen molar-refractivity contribution in [2.24, 2.45) is 0 Å². The van der Waals surface area contributed by atoms with E-state index in [-0.39, 0.29) is 0 Å². The molecule has 2 aromatic carbocycles. The Hall–Kier alpha value is -3.67. The lowest BCUT2D eigenvalue weighted by molar-refractivity contribution is 0.398. The first kappa shape index (κ1) is 21.2. The lowest BCUT2D eigenvalue weighted by atomic mass is 9.97. The van der Waals surface area contributed by atoms with Crippen molar-refractivity contribution in [3.05, 3.63) is 71.7 Å². The highest BCUT2D eigenvalue weighted by atomic mass is 16.5. The molecule has 0 saturated carbocycles. The summed E-state index contributed by atoms with van der Waals surface area (Å²) in [7, 11) is 1.63. The first-order chi connectivity index (χ1) is 16.2. The predicted octanol–water partition coefficient (Wildman–Crippen LogP) is 5.39. The number of methoxy groups -OCH3 is 1. The molecular weight excluding hydrogens is 410 g/mol. The Kier molecular flexibility index (Phi) is 5.82. The fourth-order valence-corrected chi connectivity index (χ4v) is 4.54. The van der Waals surface area contributed by atoms with Gasteiger partial charge in [0.2, 0.25) is 5.88 Å². The average Bonchev–Trinajstić information content (AvgIpc) is 2.86. The van der Waals surface area contributed by atoms with Gasteiger partial charge in [0.15, 0.2) is 0 Å². The largest absolute Gasteiger partial charge is 0.481 e. The second-order valence-corrected chi connectivity index (χ2v) is 8.56. The molecule has 168 valence electrons. The molecule has 0 saturated heterocycles. The summed E-state index contributed by atoms with van der Waals surface area (Å²) in [6.07, 6.45) is 5.66. The van der Waals surface area contributed by atoms with Crippen LogP contribution in [0.4, 0.5) is 11.5 Å². The Labute approximate surface area is 194 Å². The van der Waals surface area contributed by atoms with Gasteiger partial charge in [0.1, 0.15) is 12.1 Å². The maximum Gasteiger partial charge on any atom is 0.212 e. The van der Waals surface area contributed by atoms with Crippen LogP contribution in [-0.2, 0) is 13.0 Å². The quantitative estimate of drug-likeness (QED) is 0.434. The van der Waals surface area contributed by atoms with Crippen LogP contribution in [0.3, 0.4) is 0 Å². The van der Waals surface area contributed by atoms with E-state index in [0.717, 1.165) is 65.9 Å². The Morgan fingerprint density at radius 1 is 1.00 bits per heavy atom. The Morgan fingerprint density at radius 3 is 2.70 bits per heavy atom. The van der Waals surface area contributed by atoms with Gasteiger partial charge in [0, 0.05) is 48.5 Å². The molecular formula is C27H29N5O. The minimum Gasteiger partial charge on any atom is -0.481 e. The number of nitrogens with zero attached hydrogens (tertiary/aromatic N) is 4. The van der Waals surface area contributed by atoms with Gasteiger partial charge >= 0.3 is 0 Å². The van der Waals surface area contributed by atoms with Crippen molar-refractivity contribution in [2.45, 2.75) is 33.2 Å². The van der Waals surface area contributed by atoms with Crippen LogP contribution in [0.1, 0.15) is 30.0 Å². The van der Waals surface area contributed by atoms with Gasteiger partial charge in [-0.1, -0.05) is 13.0 Å². The van der Waals surface area contributed by atoms with Crippen LogP contribution in [0.5, 0.6) is 5.88 Å². The third kappa shape index (κ3) is 4.21. The van der Waals surface area contributed by atoms with Gasteiger partial charge < -0.3 is 15.0 Å². The maximum atomic E-state index is 5.21. The molecule has 6 nitrogen and oxygen atoms in total. The van der Waals surface area contributed by atoms with Crippen molar-refractivity contribution >= 4 is 22.4 Å². The molecule has 0 bridgehead atoms. The summed E-state index contributed by atoms with van der Waals surface area (Å²) in [4.78, 5) is 16.1. The number of benzene rings is 2. The highest BCUT2D eigenvalue weighted by Crippen LogP contribution is 2.34. The van der Waals surface area contributed by atoms with Crippen LogP contribution in [0.15, 0.2) is 55.0 Å². The van der Waals surface area contributed by atoms with Crippen LogP contribution in [0.25, 0.3) is 22.0 Å². The average molecular weight is 440 g/mol. The van der Waals surface area contributed by atoms with E-state index >= 15 is 0 Å². The number of ether oxygens (including phenoxy) is 1. The zero-order valence-electron chi connectivity index (χ0n) is 19.4. The second kappa shape index (κ2) is 9.06. The van der Waals surface area contributed by atoms with Crippen molar-refractivity contribution in [1.29, 1.82) is 0 Å². The fraction of sp³-hybridized carbons (Fsp3) is 0.296. The lowest BCUT2D eigenvalue weighted by Gasteiger charge is -2.31. The number of anilines is 2. The van der Waals surface area contributed by atoms with Crippen molar-refractivity contribution in [1.82, 2.24) is 15.0 Å². The van der Waals surface area contributed by atoms with Crippen molar-refractivity contribution in [3.63, 3.8) is 0 Å². The van der Waals surface area contributed by atoms with Crippen LogP contribution < -0.4 is 15.0 Å². The zero-order valence-corrected chi connectivity index (χ0v) is 19.4. The molecule has 0 unspecified atom stereocenters. The maximum absolute atomic E-state index is 5.21. The lowest BCUT2D eigenvalue weighted by Crippen LogP contribution is -2.31. The number of fused-ring (bicyclic) bond motifs is 2. The minimum absolute atomic E-state index is 0.611.